The van der Waals surface area contributed by atoms with E-state index in [1.54, 1.807) is 7.11 Å². The smallest absolute Gasteiger partial charge is 0.230 e. The topological polar surface area (TPSA) is 55.6 Å². The molecule has 1 aliphatic rings. The Kier molecular flexibility index (Phi) is 3.89. The van der Waals surface area contributed by atoms with Gasteiger partial charge in [0.05, 0.1) is 12.0 Å². The maximum Gasteiger partial charge on any atom is 0.230 e. The van der Waals surface area contributed by atoms with E-state index in [1.165, 1.54) is 0 Å². The summed E-state index contributed by atoms with van der Waals surface area (Å²) in [6.07, 6.45) is 1.90. The van der Waals surface area contributed by atoms with E-state index >= 15 is 0 Å². The van der Waals surface area contributed by atoms with Crippen molar-refractivity contribution in [2.24, 2.45) is 11.1 Å². The Hall–Kier alpha value is -0.610. The molecule has 0 aromatic rings. The van der Waals surface area contributed by atoms with Gasteiger partial charge in [-0.3, -0.25) is 4.79 Å². The molecule has 0 radical (unpaired) electrons. The highest BCUT2D eigenvalue weighted by molar-refractivity contribution is 5.85. The van der Waals surface area contributed by atoms with Crippen LogP contribution in [0.25, 0.3) is 0 Å². The lowest BCUT2D eigenvalue weighted by molar-refractivity contribution is -0.137. The number of carbonyl (C=O) groups is 1. The second-order valence-corrected chi connectivity index (χ2v) is 3.86. The molecule has 0 spiro atoms. The van der Waals surface area contributed by atoms with Crippen LogP contribution in [0.5, 0.6) is 0 Å². The molecule has 0 heterocycles. The van der Waals surface area contributed by atoms with E-state index in [-0.39, 0.29) is 11.3 Å². The molecule has 0 unspecified atom stereocenters. The van der Waals surface area contributed by atoms with E-state index in [2.05, 4.69) is 0 Å². The van der Waals surface area contributed by atoms with E-state index in [0.717, 1.165) is 19.4 Å². The van der Waals surface area contributed by atoms with Gasteiger partial charge < -0.3 is 15.4 Å². The van der Waals surface area contributed by atoms with Gasteiger partial charge in [-0.15, -0.1) is 0 Å². The average Bonchev–Trinajstić information content (AvgIpc) is 2.99. The van der Waals surface area contributed by atoms with Crippen LogP contribution in [0.4, 0.5) is 0 Å². The van der Waals surface area contributed by atoms with Crippen molar-refractivity contribution in [2.45, 2.75) is 19.8 Å². The Bertz CT molecular complexity index is 202. The van der Waals surface area contributed by atoms with Crippen LogP contribution in [0.3, 0.4) is 0 Å². The summed E-state index contributed by atoms with van der Waals surface area (Å²) in [7, 11) is 1.65. The highest BCUT2D eigenvalue weighted by Crippen LogP contribution is 2.46. The van der Waals surface area contributed by atoms with Crippen LogP contribution in [-0.4, -0.2) is 44.2 Å². The molecule has 1 fully saturated rings. The molecular weight excluding hydrogens is 180 g/mol. The maximum atomic E-state index is 12.0. The Morgan fingerprint density at radius 3 is 2.57 bits per heavy atom. The summed E-state index contributed by atoms with van der Waals surface area (Å²) in [4.78, 5) is 13.8. The second kappa shape index (κ2) is 4.75. The molecule has 0 aliphatic heterocycles. The minimum atomic E-state index is -0.219. The molecule has 0 aromatic carbocycles. The maximum absolute atomic E-state index is 12.0. The van der Waals surface area contributed by atoms with Gasteiger partial charge in [-0.25, -0.2) is 0 Å². The first-order valence-electron chi connectivity index (χ1n) is 5.18. The lowest BCUT2D eigenvalue weighted by Gasteiger charge is -2.25. The van der Waals surface area contributed by atoms with Crippen LogP contribution in [0.2, 0.25) is 0 Å². The fraction of sp³-hybridized carbons (Fsp3) is 0.900. The van der Waals surface area contributed by atoms with Crippen LogP contribution in [0.1, 0.15) is 19.8 Å². The third-order valence-corrected chi connectivity index (χ3v) is 2.93. The molecular formula is C10H20N2O2. The van der Waals surface area contributed by atoms with Crippen LogP contribution in [0.15, 0.2) is 0 Å². The number of rotatable bonds is 6. The summed E-state index contributed by atoms with van der Waals surface area (Å²) in [5.41, 5.74) is 5.39. The molecule has 1 amide bonds. The fourth-order valence-corrected chi connectivity index (χ4v) is 1.60. The van der Waals surface area contributed by atoms with Gasteiger partial charge in [0.2, 0.25) is 5.91 Å². The molecule has 2 N–H and O–H groups in total. The molecule has 4 nitrogen and oxygen atoms in total. The highest BCUT2D eigenvalue weighted by atomic mass is 16.5. The molecule has 0 aromatic heterocycles. The van der Waals surface area contributed by atoms with Gasteiger partial charge in [-0.1, -0.05) is 0 Å². The number of carbonyl (C=O) groups excluding carboxylic acids is 1. The molecule has 14 heavy (non-hydrogen) atoms. The lowest BCUT2D eigenvalue weighted by Crippen LogP contribution is -2.41. The number of amides is 1. The molecule has 1 saturated carbocycles. The first kappa shape index (κ1) is 11.5. The SMILES string of the molecule is CCN(CCOC)C(=O)C1(CN)CC1. The molecule has 1 aliphatic carbocycles. The summed E-state index contributed by atoms with van der Waals surface area (Å²) in [5, 5.41) is 0. The first-order valence-corrected chi connectivity index (χ1v) is 5.18. The predicted octanol–water partition coefficient (Wildman–Crippen LogP) is 0.220. The van der Waals surface area contributed by atoms with Gasteiger partial charge in [0.1, 0.15) is 0 Å². The van der Waals surface area contributed by atoms with E-state index < -0.39 is 0 Å². The lowest BCUT2D eigenvalue weighted by atomic mass is 10.1. The number of hydrogen-bond donors (Lipinski definition) is 1. The number of methoxy groups -OCH3 is 1. The Balaban J connectivity index is 2.47. The van der Waals surface area contributed by atoms with Gasteiger partial charge in [-0.2, -0.15) is 0 Å². The average molecular weight is 200 g/mol. The van der Waals surface area contributed by atoms with E-state index in [4.69, 9.17) is 10.5 Å². The molecule has 4 heteroatoms. The Morgan fingerprint density at radius 2 is 2.21 bits per heavy atom. The molecule has 0 bridgehead atoms. The minimum Gasteiger partial charge on any atom is -0.383 e. The molecule has 1 rings (SSSR count). The van der Waals surface area contributed by atoms with Crippen molar-refractivity contribution < 1.29 is 9.53 Å². The number of nitrogens with zero attached hydrogens (tertiary/aromatic N) is 1. The van der Waals surface area contributed by atoms with Crippen LogP contribution in [0, 0.1) is 5.41 Å². The summed E-state index contributed by atoms with van der Waals surface area (Å²) in [6.45, 7) is 4.48. The van der Waals surface area contributed by atoms with Crippen molar-refractivity contribution in [3.63, 3.8) is 0 Å². The third kappa shape index (κ3) is 2.25. The van der Waals surface area contributed by atoms with Crippen LogP contribution >= 0.6 is 0 Å². The second-order valence-electron chi connectivity index (χ2n) is 3.86. The summed E-state index contributed by atoms with van der Waals surface area (Å²) in [5.74, 6) is 0.208. The standard InChI is InChI=1S/C10H20N2O2/c1-3-12(6-7-14-2)9(13)10(8-11)4-5-10/h3-8,11H2,1-2H3. The van der Waals surface area contributed by atoms with Crippen molar-refractivity contribution in [1.82, 2.24) is 4.90 Å². The normalized spacial score (nSPS) is 17.9. The predicted molar refractivity (Wildman–Crippen MR) is 54.9 cm³/mol. The van der Waals surface area contributed by atoms with Crippen LogP contribution in [-0.2, 0) is 9.53 Å². The van der Waals surface area contributed by atoms with Crippen molar-refractivity contribution in [1.29, 1.82) is 0 Å². The first-order chi connectivity index (χ1) is 6.70. The van der Waals surface area contributed by atoms with Crippen LogP contribution < -0.4 is 5.73 Å². The van der Waals surface area contributed by atoms with Gasteiger partial charge in [0.15, 0.2) is 0 Å². The van der Waals surface area contributed by atoms with Gasteiger partial charge >= 0.3 is 0 Å². The van der Waals surface area contributed by atoms with Crippen molar-refractivity contribution >= 4 is 5.91 Å². The van der Waals surface area contributed by atoms with Crippen molar-refractivity contribution in [3.8, 4) is 0 Å². The quantitative estimate of drug-likeness (QED) is 0.667. The van der Waals surface area contributed by atoms with Gasteiger partial charge in [0, 0.05) is 26.7 Å². The van der Waals surface area contributed by atoms with Gasteiger partial charge in [0.25, 0.3) is 0 Å². The largest absolute Gasteiger partial charge is 0.383 e. The zero-order chi connectivity index (χ0) is 10.6. The number of ether oxygens (including phenoxy) is 1. The zero-order valence-electron chi connectivity index (χ0n) is 9.08. The molecule has 0 saturated heterocycles. The summed E-state index contributed by atoms with van der Waals surface area (Å²) in [6, 6.07) is 0. The van der Waals surface area contributed by atoms with E-state index in [1.807, 2.05) is 11.8 Å². The van der Waals surface area contributed by atoms with E-state index in [0.29, 0.717) is 19.7 Å². The zero-order valence-corrected chi connectivity index (χ0v) is 9.08. The Labute approximate surface area is 85.4 Å². The highest BCUT2D eigenvalue weighted by Gasteiger charge is 2.50. The molecule has 82 valence electrons. The third-order valence-electron chi connectivity index (χ3n) is 2.93. The minimum absolute atomic E-state index is 0.208. The monoisotopic (exact) mass is 200 g/mol. The number of hydrogen-bond acceptors (Lipinski definition) is 3. The van der Waals surface area contributed by atoms with E-state index in [9.17, 15) is 4.79 Å². The number of nitrogens with two attached hydrogens (primary N) is 1. The summed E-state index contributed by atoms with van der Waals surface area (Å²) < 4.78 is 4.97. The molecule has 0 atom stereocenters. The number of likely N-dealkylation sites (N-methyl/N-ethyl adjacent to an activating group) is 1. The summed E-state index contributed by atoms with van der Waals surface area (Å²) >= 11 is 0. The van der Waals surface area contributed by atoms with Crippen molar-refractivity contribution in [3.05, 3.63) is 0 Å². The Morgan fingerprint density at radius 1 is 1.57 bits per heavy atom. The van der Waals surface area contributed by atoms with Gasteiger partial charge in [-0.05, 0) is 19.8 Å². The fourth-order valence-electron chi connectivity index (χ4n) is 1.60. The van der Waals surface area contributed by atoms with Crippen molar-refractivity contribution in [2.75, 3.05) is 33.4 Å².